The molecule has 3 nitrogen and oxygen atoms in total. The summed E-state index contributed by atoms with van der Waals surface area (Å²) < 4.78 is 5.11. The zero-order valence-electron chi connectivity index (χ0n) is 7.36. The van der Waals surface area contributed by atoms with Crippen molar-refractivity contribution < 1.29 is 9.53 Å². The number of hydrogen-bond donors (Lipinski definition) is 1. The quantitative estimate of drug-likeness (QED) is 0.711. The number of rotatable bonds is 1. The third-order valence-corrected chi connectivity index (χ3v) is 2.16. The van der Waals surface area contributed by atoms with Gasteiger partial charge in [-0.1, -0.05) is 30.3 Å². The number of hydrogen-bond acceptors (Lipinski definition) is 2. The Morgan fingerprint density at radius 1 is 1.31 bits per heavy atom. The van der Waals surface area contributed by atoms with Gasteiger partial charge in [0, 0.05) is 0 Å². The molecule has 0 spiro atoms. The minimum absolute atomic E-state index is 0.0508. The summed E-state index contributed by atoms with van der Waals surface area (Å²) in [5.74, 6) is 0. The van der Waals surface area contributed by atoms with Gasteiger partial charge in [-0.15, -0.1) is 0 Å². The summed E-state index contributed by atoms with van der Waals surface area (Å²) in [7, 11) is 0. The Labute approximate surface area is 76.7 Å². The van der Waals surface area contributed by atoms with Crippen LogP contribution in [0.3, 0.4) is 0 Å². The van der Waals surface area contributed by atoms with E-state index >= 15 is 0 Å². The lowest BCUT2D eigenvalue weighted by atomic mass is 10.0. The largest absolute Gasteiger partial charge is 0.439 e. The molecular weight excluding hydrogens is 166 g/mol. The number of benzene rings is 1. The summed E-state index contributed by atoms with van der Waals surface area (Å²) in [6.45, 7) is 1.93. The first-order valence-corrected chi connectivity index (χ1v) is 4.29. The average molecular weight is 177 g/mol. The van der Waals surface area contributed by atoms with E-state index in [-0.39, 0.29) is 18.2 Å². The molecule has 0 radical (unpaired) electrons. The Morgan fingerprint density at radius 3 is 2.54 bits per heavy atom. The van der Waals surface area contributed by atoms with Crippen molar-refractivity contribution in [1.82, 2.24) is 5.32 Å². The fourth-order valence-electron chi connectivity index (χ4n) is 1.51. The summed E-state index contributed by atoms with van der Waals surface area (Å²) in [5.41, 5.74) is 1.04. The van der Waals surface area contributed by atoms with Crippen LogP contribution in [-0.4, -0.2) is 12.1 Å². The fraction of sp³-hybridized carbons (Fsp3) is 0.300. The van der Waals surface area contributed by atoms with Crippen LogP contribution in [0, 0.1) is 0 Å². The molecule has 1 saturated heterocycles. The normalized spacial score (nSPS) is 26.7. The monoisotopic (exact) mass is 177 g/mol. The van der Waals surface area contributed by atoms with Gasteiger partial charge in [-0.05, 0) is 12.5 Å². The van der Waals surface area contributed by atoms with Crippen molar-refractivity contribution in [3.63, 3.8) is 0 Å². The minimum atomic E-state index is -0.332. The number of carbonyl (C=O) groups is 1. The first-order chi connectivity index (χ1) is 6.27. The molecule has 1 fully saturated rings. The molecule has 1 amide bonds. The molecule has 1 aliphatic heterocycles. The standard InChI is InChI=1S/C10H11NO2/c1-7-9(13-10(12)11-7)8-5-3-2-4-6-8/h2-7,9H,1H3,(H,11,12)/t7-,9?/m0/s1. The van der Waals surface area contributed by atoms with Gasteiger partial charge in [-0.3, -0.25) is 0 Å². The predicted octanol–water partition coefficient (Wildman–Crippen LogP) is 1.86. The van der Waals surface area contributed by atoms with Gasteiger partial charge < -0.3 is 10.1 Å². The van der Waals surface area contributed by atoms with Crippen LogP contribution in [0.4, 0.5) is 4.79 Å². The molecule has 1 N–H and O–H groups in total. The van der Waals surface area contributed by atoms with Crippen molar-refractivity contribution in [2.45, 2.75) is 19.1 Å². The summed E-state index contributed by atoms with van der Waals surface area (Å²) >= 11 is 0. The van der Waals surface area contributed by atoms with Gasteiger partial charge in [-0.25, -0.2) is 4.79 Å². The third-order valence-electron chi connectivity index (χ3n) is 2.16. The molecule has 0 bridgehead atoms. The van der Waals surface area contributed by atoms with Crippen molar-refractivity contribution in [3.05, 3.63) is 35.9 Å². The van der Waals surface area contributed by atoms with Crippen molar-refractivity contribution in [2.24, 2.45) is 0 Å². The molecule has 1 unspecified atom stereocenters. The molecule has 0 aliphatic carbocycles. The van der Waals surface area contributed by atoms with Crippen LogP contribution in [0.1, 0.15) is 18.6 Å². The average Bonchev–Trinajstić information content (AvgIpc) is 2.47. The molecule has 2 atom stereocenters. The van der Waals surface area contributed by atoms with E-state index in [0.29, 0.717) is 0 Å². The third kappa shape index (κ3) is 1.49. The van der Waals surface area contributed by atoms with Crippen LogP contribution in [0.15, 0.2) is 30.3 Å². The SMILES string of the molecule is C[C@@H]1NC(=O)OC1c1ccccc1. The van der Waals surface area contributed by atoms with E-state index in [4.69, 9.17) is 4.74 Å². The van der Waals surface area contributed by atoms with E-state index in [1.807, 2.05) is 37.3 Å². The number of nitrogens with one attached hydrogen (secondary N) is 1. The van der Waals surface area contributed by atoms with E-state index in [1.165, 1.54) is 0 Å². The van der Waals surface area contributed by atoms with Gasteiger partial charge in [0.05, 0.1) is 6.04 Å². The summed E-state index contributed by atoms with van der Waals surface area (Å²) in [6, 6.07) is 9.79. The Balaban J connectivity index is 2.23. The lowest BCUT2D eigenvalue weighted by Gasteiger charge is -2.12. The van der Waals surface area contributed by atoms with E-state index < -0.39 is 0 Å². The maximum absolute atomic E-state index is 10.9. The maximum Gasteiger partial charge on any atom is 0.408 e. The molecule has 0 saturated carbocycles. The van der Waals surface area contributed by atoms with Crippen LogP contribution in [-0.2, 0) is 4.74 Å². The molecule has 13 heavy (non-hydrogen) atoms. The second kappa shape index (κ2) is 3.09. The number of ether oxygens (including phenoxy) is 1. The van der Waals surface area contributed by atoms with Crippen LogP contribution in [0.2, 0.25) is 0 Å². The molecule has 1 heterocycles. The number of amides is 1. The molecule has 1 aromatic carbocycles. The van der Waals surface area contributed by atoms with Crippen LogP contribution >= 0.6 is 0 Å². The van der Waals surface area contributed by atoms with Crippen LogP contribution in [0.5, 0.6) is 0 Å². The van der Waals surface area contributed by atoms with Gasteiger partial charge in [0.15, 0.2) is 0 Å². The Morgan fingerprint density at radius 2 is 2.00 bits per heavy atom. The van der Waals surface area contributed by atoms with Gasteiger partial charge in [0.25, 0.3) is 0 Å². The van der Waals surface area contributed by atoms with E-state index in [1.54, 1.807) is 0 Å². The lowest BCUT2D eigenvalue weighted by molar-refractivity contribution is 0.134. The first-order valence-electron chi connectivity index (χ1n) is 4.29. The highest BCUT2D eigenvalue weighted by atomic mass is 16.6. The predicted molar refractivity (Wildman–Crippen MR) is 48.3 cm³/mol. The molecule has 1 aliphatic rings. The summed E-state index contributed by atoms with van der Waals surface area (Å²) in [4.78, 5) is 10.9. The van der Waals surface area contributed by atoms with Gasteiger partial charge in [0.2, 0.25) is 0 Å². The molecular formula is C10H11NO2. The Bertz CT molecular complexity index is 310. The highest BCUT2D eigenvalue weighted by Gasteiger charge is 2.31. The van der Waals surface area contributed by atoms with Gasteiger partial charge in [-0.2, -0.15) is 0 Å². The van der Waals surface area contributed by atoms with Crippen LogP contribution in [0.25, 0.3) is 0 Å². The summed E-state index contributed by atoms with van der Waals surface area (Å²) in [5, 5.41) is 2.70. The van der Waals surface area contributed by atoms with Crippen molar-refractivity contribution in [3.8, 4) is 0 Å². The topological polar surface area (TPSA) is 38.3 Å². The fourth-order valence-corrected chi connectivity index (χ4v) is 1.51. The molecule has 0 aromatic heterocycles. The van der Waals surface area contributed by atoms with Crippen LogP contribution < -0.4 is 5.32 Å². The summed E-state index contributed by atoms with van der Waals surface area (Å²) in [6.07, 6.45) is -0.477. The molecule has 68 valence electrons. The maximum atomic E-state index is 10.9. The highest BCUT2D eigenvalue weighted by molar-refractivity contribution is 5.70. The first kappa shape index (κ1) is 8.10. The van der Waals surface area contributed by atoms with E-state index in [2.05, 4.69) is 5.32 Å². The van der Waals surface area contributed by atoms with Gasteiger partial charge >= 0.3 is 6.09 Å². The smallest absolute Gasteiger partial charge is 0.408 e. The zero-order chi connectivity index (χ0) is 9.26. The molecule has 2 rings (SSSR count). The number of cyclic esters (lactones) is 1. The second-order valence-corrected chi connectivity index (χ2v) is 3.17. The van der Waals surface area contributed by atoms with Crippen molar-refractivity contribution in [2.75, 3.05) is 0 Å². The second-order valence-electron chi connectivity index (χ2n) is 3.17. The lowest BCUT2D eigenvalue weighted by Crippen LogP contribution is -2.23. The van der Waals surface area contributed by atoms with E-state index in [9.17, 15) is 4.79 Å². The Hall–Kier alpha value is -1.51. The van der Waals surface area contributed by atoms with E-state index in [0.717, 1.165) is 5.56 Å². The molecule has 1 aromatic rings. The van der Waals surface area contributed by atoms with Crippen molar-refractivity contribution >= 4 is 6.09 Å². The Kier molecular flexibility index (Phi) is 1.93. The van der Waals surface area contributed by atoms with Gasteiger partial charge in [0.1, 0.15) is 6.10 Å². The zero-order valence-corrected chi connectivity index (χ0v) is 7.36. The molecule has 3 heteroatoms. The van der Waals surface area contributed by atoms with Crippen molar-refractivity contribution in [1.29, 1.82) is 0 Å². The number of carbonyl (C=O) groups excluding carboxylic acids is 1. The number of alkyl carbamates (subject to hydrolysis) is 1. The minimum Gasteiger partial charge on any atom is -0.439 e. The highest BCUT2D eigenvalue weighted by Crippen LogP contribution is 2.25.